The topological polar surface area (TPSA) is 12.9 Å². The van der Waals surface area contributed by atoms with E-state index < -0.39 is 0 Å². The molecular weight excluding hydrogens is 213 g/mol. The third-order valence-corrected chi connectivity index (χ3v) is 2.36. The van der Waals surface area contributed by atoms with Crippen LogP contribution in [0.2, 0.25) is 0 Å². The third kappa shape index (κ3) is 3.15. The minimum Gasteiger partial charge on any atom is -0.260 e. The monoisotopic (exact) mass is 225 g/mol. The van der Waals surface area contributed by atoms with Crippen LogP contribution in [-0.4, -0.2) is 4.98 Å². The number of rotatable bonds is 1. The lowest BCUT2D eigenvalue weighted by molar-refractivity contribution is 0.627. The highest BCUT2D eigenvalue weighted by molar-refractivity contribution is 5.41. The number of hydrogen-bond acceptors (Lipinski definition) is 1. The van der Waals surface area contributed by atoms with Crippen molar-refractivity contribution in [2.24, 2.45) is 0 Å². The lowest BCUT2D eigenvalue weighted by atomic mass is 10.2. The minimum atomic E-state index is -0.267. The molecule has 0 bridgehead atoms. The molecule has 0 atom stereocenters. The fourth-order valence-electron chi connectivity index (χ4n) is 1.42. The summed E-state index contributed by atoms with van der Waals surface area (Å²) in [5.74, 6) is 5.60. The maximum Gasteiger partial charge on any atom is 0.124 e. The summed E-state index contributed by atoms with van der Waals surface area (Å²) >= 11 is 0. The normalized spacial score (nSPS) is 9.53. The van der Waals surface area contributed by atoms with E-state index in [0.29, 0.717) is 5.56 Å². The quantitative estimate of drug-likeness (QED) is 0.679. The van der Waals surface area contributed by atoms with Crippen LogP contribution in [0.1, 0.15) is 23.7 Å². The fraction of sp³-hybridized carbons (Fsp3) is 0.133. The van der Waals surface area contributed by atoms with Gasteiger partial charge in [0.2, 0.25) is 0 Å². The van der Waals surface area contributed by atoms with Crippen LogP contribution in [0.4, 0.5) is 4.39 Å². The van der Waals surface area contributed by atoms with Gasteiger partial charge in [0.25, 0.3) is 0 Å². The van der Waals surface area contributed by atoms with E-state index in [9.17, 15) is 4.39 Å². The Morgan fingerprint density at radius 1 is 1.12 bits per heavy atom. The molecule has 84 valence electrons. The highest BCUT2D eigenvalue weighted by Crippen LogP contribution is 2.03. The van der Waals surface area contributed by atoms with E-state index in [2.05, 4.69) is 23.7 Å². The summed E-state index contributed by atoms with van der Waals surface area (Å²) in [7, 11) is 0. The van der Waals surface area contributed by atoms with Crippen molar-refractivity contribution < 1.29 is 4.39 Å². The summed E-state index contributed by atoms with van der Waals surface area (Å²) in [5, 5.41) is 0. The predicted octanol–water partition coefficient (Wildman–Crippen LogP) is 3.18. The molecule has 2 aromatic rings. The van der Waals surface area contributed by atoms with Crippen LogP contribution in [0, 0.1) is 17.7 Å². The molecule has 1 aromatic heterocycles. The Balaban J connectivity index is 2.20. The van der Waals surface area contributed by atoms with Gasteiger partial charge in [-0.15, -0.1) is 0 Å². The van der Waals surface area contributed by atoms with E-state index in [0.717, 1.165) is 17.7 Å². The third-order valence-electron chi connectivity index (χ3n) is 2.36. The molecule has 0 aliphatic rings. The van der Waals surface area contributed by atoms with Gasteiger partial charge in [0.05, 0.1) is 0 Å². The van der Waals surface area contributed by atoms with Crippen LogP contribution in [-0.2, 0) is 6.42 Å². The zero-order valence-electron chi connectivity index (χ0n) is 9.57. The zero-order chi connectivity index (χ0) is 12.1. The molecule has 0 aliphatic carbocycles. The van der Waals surface area contributed by atoms with Gasteiger partial charge in [0, 0.05) is 23.0 Å². The van der Waals surface area contributed by atoms with E-state index in [-0.39, 0.29) is 5.82 Å². The molecule has 1 aromatic carbocycles. The average molecular weight is 225 g/mol. The highest BCUT2D eigenvalue weighted by Gasteiger charge is 1.92. The Morgan fingerprint density at radius 2 is 1.94 bits per heavy atom. The average Bonchev–Trinajstić information content (AvgIpc) is 2.37. The van der Waals surface area contributed by atoms with E-state index in [1.807, 2.05) is 12.1 Å². The summed E-state index contributed by atoms with van der Waals surface area (Å²) in [5.41, 5.74) is 2.55. The van der Waals surface area contributed by atoms with Crippen molar-refractivity contribution in [3.8, 4) is 11.8 Å². The molecule has 0 spiro atoms. The Bertz CT molecular complexity index is 561. The molecule has 2 rings (SSSR count). The first-order valence-electron chi connectivity index (χ1n) is 5.50. The van der Waals surface area contributed by atoms with Gasteiger partial charge in [-0.1, -0.05) is 24.8 Å². The second kappa shape index (κ2) is 5.27. The molecule has 17 heavy (non-hydrogen) atoms. The summed E-state index contributed by atoms with van der Waals surface area (Å²) in [6.45, 7) is 2.06. The van der Waals surface area contributed by atoms with Gasteiger partial charge in [-0.3, -0.25) is 4.98 Å². The van der Waals surface area contributed by atoms with Crippen LogP contribution in [0.15, 0.2) is 42.6 Å². The summed E-state index contributed by atoms with van der Waals surface area (Å²) in [6.07, 6.45) is 2.66. The van der Waals surface area contributed by atoms with Gasteiger partial charge < -0.3 is 0 Å². The molecule has 0 radical (unpaired) electrons. The lowest BCUT2D eigenvalue weighted by Crippen LogP contribution is -1.86. The molecule has 0 aliphatic heterocycles. The zero-order valence-corrected chi connectivity index (χ0v) is 9.57. The second-order valence-corrected chi connectivity index (χ2v) is 3.65. The van der Waals surface area contributed by atoms with Gasteiger partial charge in [-0.2, -0.15) is 0 Å². The van der Waals surface area contributed by atoms with E-state index in [1.54, 1.807) is 18.3 Å². The molecule has 0 amide bonds. The molecule has 0 saturated heterocycles. The number of nitrogens with zero attached hydrogens (tertiary/aromatic N) is 1. The summed E-state index contributed by atoms with van der Waals surface area (Å²) in [4.78, 5) is 4.25. The van der Waals surface area contributed by atoms with Crippen LogP contribution in [0.5, 0.6) is 0 Å². The van der Waals surface area contributed by atoms with Gasteiger partial charge in [-0.05, 0) is 36.8 Å². The minimum absolute atomic E-state index is 0.267. The second-order valence-electron chi connectivity index (χ2n) is 3.65. The maximum atomic E-state index is 12.9. The Hall–Kier alpha value is -2.14. The van der Waals surface area contributed by atoms with E-state index in [1.165, 1.54) is 12.1 Å². The van der Waals surface area contributed by atoms with Gasteiger partial charge in [-0.25, -0.2) is 4.39 Å². The molecule has 0 N–H and O–H groups in total. The molecule has 1 nitrogen and oxygen atoms in total. The van der Waals surface area contributed by atoms with Crippen LogP contribution < -0.4 is 0 Å². The van der Waals surface area contributed by atoms with Crippen molar-refractivity contribution in [2.75, 3.05) is 0 Å². The van der Waals surface area contributed by atoms with Gasteiger partial charge >= 0.3 is 0 Å². The lowest BCUT2D eigenvalue weighted by Gasteiger charge is -1.94. The first-order valence-corrected chi connectivity index (χ1v) is 5.50. The summed E-state index contributed by atoms with van der Waals surface area (Å²) < 4.78 is 12.9. The predicted molar refractivity (Wildman–Crippen MR) is 66.0 cm³/mol. The number of aromatic nitrogens is 1. The van der Waals surface area contributed by atoms with Crippen molar-refractivity contribution in [1.82, 2.24) is 4.98 Å². The van der Waals surface area contributed by atoms with Crippen LogP contribution >= 0.6 is 0 Å². The molecule has 0 saturated carbocycles. The number of halogens is 1. The smallest absolute Gasteiger partial charge is 0.124 e. The summed E-state index contributed by atoms with van der Waals surface area (Å²) in [6, 6.07) is 10.1. The molecule has 0 unspecified atom stereocenters. The Kier molecular flexibility index (Phi) is 3.52. The van der Waals surface area contributed by atoms with Crippen molar-refractivity contribution in [3.63, 3.8) is 0 Å². The number of hydrogen-bond donors (Lipinski definition) is 0. The van der Waals surface area contributed by atoms with Gasteiger partial charge in [0.1, 0.15) is 5.82 Å². The van der Waals surface area contributed by atoms with Crippen LogP contribution in [0.25, 0.3) is 0 Å². The SMILES string of the molecule is CCc1ccc(C#Cc2cccc(F)c2)cn1. The largest absolute Gasteiger partial charge is 0.260 e. The maximum absolute atomic E-state index is 12.9. The molecule has 1 heterocycles. The van der Waals surface area contributed by atoms with E-state index >= 15 is 0 Å². The Labute approximate surface area is 100 Å². The number of benzene rings is 1. The number of aryl methyl sites for hydroxylation is 1. The van der Waals surface area contributed by atoms with E-state index in [4.69, 9.17) is 0 Å². The van der Waals surface area contributed by atoms with Crippen LogP contribution in [0.3, 0.4) is 0 Å². The Morgan fingerprint density at radius 3 is 2.59 bits per heavy atom. The fourth-order valence-corrected chi connectivity index (χ4v) is 1.42. The van der Waals surface area contributed by atoms with Gasteiger partial charge in [0.15, 0.2) is 0 Å². The highest BCUT2D eigenvalue weighted by atomic mass is 19.1. The number of pyridine rings is 1. The van der Waals surface area contributed by atoms with Crippen molar-refractivity contribution in [1.29, 1.82) is 0 Å². The first-order chi connectivity index (χ1) is 8.28. The molecular formula is C15H12FN. The van der Waals surface area contributed by atoms with Crippen molar-refractivity contribution in [2.45, 2.75) is 13.3 Å². The molecule has 0 fully saturated rings. The van der Waals surface area contributed by atoms with Crippen molar-refractivity contribution >= 4 is 0 Å². The first kappa shape index (κ1) is 11.3. The molecule has 2 heteroatoms. The van der Waals surface area contributed by atoms with Crippen molar-refractivity contribution in [3.05, 3.63) is 65.2 Å². The standard InChI is InChI=1S/C15H12FN/c1-2-15-9-8-13(11-17-15)7-6-12-4-3-5-14(16)10-12/h3-5,8-11H,2H2,1H3.